The lowest BCUT2D eigenvalue weighted by atomic mass is 9.96. The number of nitrogens with zero attached hydrogens (tertiary/aromatic N) is 4. The summed E-state index contributed by atoms with van der Waals surface area (Å²) >= 11 is 1.51. The molecule has 1 aliphatic rings. The summed E-state index contributed by atoms with van der Waals surface area (Å²) in [6.45, 7) is 3.42. The molecule has 1 aliphatic heterocycles. The predicted octanol–water partition coefficient (Wildman–Crippen LogP) is 2.88. The van der Waals surface area contributed by atoms with Crippen LogP contribution < -0.4 is 11.0 Å². The van der Waals surface area contributed by atoms with Gasteiger partial charge in [-0.1, -0.05) is 24.6 Å². The number of nitrogens with two attached hydrogens (primary N) is 1. The van der Waals surface area contributed by atoms with E-state index in [4.69, 9.17) is 0 Å². The third-order valence-electron chi connectivity index (χ3n) is 5.38. The Hall–Kier alpha value is -3.04. The molecule has 3 heterocycles. The summed E-state index contributed by atoms with van der Waals surface area (Å²) in [6.07, 6.45) is -4.03. The van der Waals surface area contributed by atoms with Crippen LogP contribution in [0.1, 0.15) is 29.6 Å². The first-order valence-corrected chi connectivity index (χ1v) is 10.7. The van der Waals surface area contributed by atoms with Gasteiger partial charge in [-0.15, -0.1) is 11.3 Å². The first kappa shape index (κ1) is 22.2. The minimum atomic E-state index is -4.78. The number of rotatable bonds is 5. The van der Waals surface area contributed by atoms with Crippen LogP contribution in [0.4, 0.5) is 13.2 Å². The lowest BCUT2D eigenvalue weighted by Gasteiger charge is -2.26. The topological polar surface area (TPSA) is 102 Å². The molecule has 3 aromatic rings. The summed E-state index contributed by atoms with van der Waals surface area (Å²) in [5.74, 6) is 0. The summed E-state index contributed by atoms with van der Waals surface area (Å²) in [4.78, 5) is 8.89. The maximum Gasteiger partial charge on any atom is 0.426 e. The molecular formula is C21H20F3N6OS+. The van der Waals surface area contributed by atoms with Crippen LogP contribution in [0.5, 0.6) is 0 Å². The van der Waals surface area contributed by atoms with Crippen LogP contribution in [0.15, 0.2) is 41.5 Å². The summed E-state index contributed by atoms with van der Waals surface area (Å²) < 4.78 is 40.0. The van der Waals surface area contributed by atoms with Crippen molar-refractivity contribution in [3.63, 3.8) is 0 Å². The molecule has 0 bridgehead atoms. The molecule has 1 aromatic carbocycles. The van der Waals surface area contributed by atoms with Gasteiger partial charge in [-0.25, -0.2) is 15.4 Å². The zero-order chi connectivity index (χ0) is 23.1. The number of hydrogen-bond acceptors (Lipinski definition) is 7. The fourth-order valence-electron chi connectivity index (χ4n) is 3.61. The number of aliphatic hydroxyl groups is 1. The largest absolute Gasteiger partial charge is 0.426 e. The number of hydrogen-bond donors (Lipinski definition) is 3. The van der Waals surface area contributed by atoms with Crippen LogP contribution in [0.3, 0.4) is 0 Å². The molecule has 32 heavy (non-hydrogen) atoms. The molecule has 0 spiro atoms. The second-order valence-electron chi connectivity index (χ2n) is 7.47. The van der Waals surface area contributed by atoms with Gasteiger partial charge in [0.2, 0.25) is 5.60 Å². The van der Waals surface area contributed by atoms with Crippen LogP contribution in [0.25, 0.3) is 22.2 Å². The standard InChI is InChI=1S/C21H19F3N6OS/c1-3-20(31,21(22,23)24)19-10-30(29-28-19)9-13-4-5-15-16(18-11-32-12(2)26-18)7-14(8-25)27-17(15)6-13/h4-7,10-11,28-29,31H,3,9H2,1-2H3/p+1. The highest BCUT2D eigenvalue weighted by Gasteiger charge is 2.59. The van der Waals surface area contributed by atoms with E-state index < -0.39 is 18.2 Å². The molecule has 0 radical (unpaired) electrons. The summed E-state index contributed by atoms with van der Waals surface area (Å²) in [5.41, 5.74) is 3.93. The molecule has 166 valence electrons. The van der Waals surface area contributed by atoms with Crippen molar-refractivity contribution in [1.82, 2.24) is 20.5 Å². The van der Waals surface area contributed by atoms with Crippen molar-refractivity contribution < 1.29 is 23.7 Å². The van der Waals surface area contributed by atoms with Crippen LogP contribution in [0, 0.1) is 18.3 Å². The van der Waals surface area contributed by atoms with E-state index in [0.29, 0.717) is 5.52 Å². The van der Waals surface area contributed by atoms with Crippen molar-refractivity contribution in [3.8, 4) is 17.3 Å². The fraction of sp³-hybridized carbons (Fsp3) is 0.286. The number of nitrogens with one attached hydrogen (secondary N) is 1. The Morgan fingerprint density at radius 3 is 2.69 bits per heavy atom. The highest BCUT2D eigenvalue weighted by molar-refractivity contribution is 7.09. The average Bonchev–Trinajstić information content (AvgIpc) is 3.40. The quantitative estimate of drug-likeness (QED) is 0.505. The molecule has 4 rings (SSSR count). The number of nitriles is 1. The highest BCUT2D eigenvalue weighted by atomic mass is 32.1. The second kappa shape index (κ2) is 8.14. The van der Waals surface area contributed by atoms with Crippen LogP contribution in [-0.4, -0.2) is 31.9 Å². The highest BCUT2D eigenvalue weighted by Crippen LogP contribution is 2.37. The molecule has 1 atom stereocenters. The van der Waals surface area contributed by atoms with E-state index in [2.05, 4.69) is 21.6 Å². The molecular weight excluding hydrogens is 441 g/mol. The van der Waals surface area contributed by atoms with Crippen LogP contribution in [0.2, 0.25) is 0 Å². The van der Waals surface area contributed by atoms with Gasteiger partial charge in [0, 0.05) is 16.3 Å². The first-order chi connectivity index (χ1) is 15.1. The Bertz CT molecular complexity index is 1250. The van der Waals surface area contributed by atoms with Crippen LogP contribution >= 0.6 is 11.3 Å². The molecule has 0 amide bonds. The van der Waals surface area contributed by atoms with E-state index in [9.17, 15) is 23.5 Å². The number of aryl methyl sites for hydroxylation is 1. The van der Waals surface area contributed by atoms with Gasteiger partial charge in [0.25, 0.3) is 0 Å². The molecule has 2 aromatic heterocycles. The van der Waals surface area contributed by atoms with E-state index >= 15 is 0 Å². The SMILES string of the molecule is CCC(O)(C1=CN(Cc2ccc3c(-c4csc(C)n4)cc(C#N)nc3c2)N[NH2+]1)C(F)(F)F. The zero-order valence-electron chi connectivity index (χ0n) is 17.2. The number of halogens is 3. The Kier molecular flexibility index (Phi) is 5.64. The Morgan fingerprint density at radius 1 is 1.28 bits per heavy atom. The van der Waals surface area contributed by atoms with Gasteiger partial charge in [-0.05, 0) is 31.0 Å². The Morgan fingerprint density at radius 2 is 2.06 bits per heavy atom. The van der Waals surface area contributed by atoms with Crippen molar-refractivity contribution in [2.75, 3.05) is 0 Å². The van der Waals surface area contributed by atoms with E-state index in [1.165, 1.54) is 29.5 Å². The van der Waals surface area contributed by atoms with E-state index in [0.717, 1.165) is 32.6 Å². The van der Waals surface area contributed by atoms with Crippen molar-refractivity contribution in [1.29, 1.82) is 5.26 Å². The molecule has 7 nitrogen and oxygen atoms in total. The first-order valence-electron chi connectivity index (χ1n) is 9.78. The van der Waals surface area contributed by atoms with Crippen molar-refractivity contribution >= 4 is 22.2 Å². The van der Waals surface area contributed by atoms with Gasteiger partial charge in [0.05, 0.1) is 29.0 Å². The molecule has 0 saturated carbocycles. The van der Waals surface area contributed by atoms with Crippen molar-refractivity contribution in [2.45, 2.75) is 38.6 Å². The molecule has 11 heteroatoms. The van der Waals surface area contributed by atoms with Gasteiger partial charge in [-0.2, -0.15) is 18.4 Å². The molecule has 0 fully saturated rings. The van der Waals surface area contributed by atoms with E-state index in [1.807, 2.05) is 24.4 Å². The predicted molar refractivity (Wildman–Crippen MR) is 112 cm³/mol. The Labute approximate surface area is 185 Å². The second-order valence-corrected chi connectivity index (χ2v) is 8.53. The lowest BCUT2D eigenvalue weighted by molar-refractivity contribution is -0.689. The fourth-order valence-corrected chi connectivity index (χ4v) is 4.22. The number of alkyl halides is 3. The molecule has 4 N–H and O–H groups in total. The van der Waals surface area contributed by atoms with Gasteiger partial charge in [0.1, 0.15) is 11.8 Å². The number of pyridine rings is 1. The van der Waals surface area contributed by atoms with E-state index in [-0.39, 0.29) is 17.9 Å². The third-order valence-corrected chi connectivity index (χ3v) is 6.15. The van der Waals surface area contributed by atoms with Gasteiger partial charge in [0.15, 0.2) is 5.70 Å². The monoisotopic (exact) mass is 461 g/mol. The number of thiazole rings is 1. The van der Waals surface area contributed by atoms with Gasteiger partial charge in [-0.3, -0.25) is 5.01 Å². The zero-order valence-corrected chi connectivity index (χ0v) is 18.1. The maximum absolute atomic E-state index is 13.3. The average molecular weight is 461 g/mol. The van der Waals surface area contributed by atoms with E-state index in [1.54, 1.807) is 12.1 Å². The third kappa shape index (κ3) is 3.93. The normalized spacial score (nSPS) is 16.2. The molecule has 0 aliphatic carbocycles. The molecule has 0 saturated heterocycles. The number of aromatic nitrogens is 2. The van der Waals surface area contributed by atoms with Gasteiger partial charge >= 0.3 is 6.18 Å². The number of hydrazine groups is 1. The molecule has 1 unspecified atom stereocenters. The minimum Gasteiger partial charge on any atom is -0.372 e. The number of benzene rings is 1. The summed E-state index contributed by atoms with van der Waals surface area (Å²) in [5, 5.41) is 24.6. The van der Waals surface area contributed by atoms with Crippen LogP contribution in [-0.2, 0) is 6.54 Å². The van der Waals surface area contributed by atoms with Gasteiger partial charge < -0.3 is 5.11 Å². The summed E-state index contributed by atoms with van der Waals surface area (Å²) in [6, 6.07) is 9.27. The Balaban J connectivity index is 1.66. The smallest absolute Gasteiger partial charge is 0.372 e. The van der Waals surface area contributed by atoms with Crippen molar-refractivity contribution in [3.05, 3.63) is 57.8 Å². The maximum atomic E-state index is 13.3. The number of quaternary nitrogens is 1. The van der Waals surface area contributed by atoms with Crippen molar-refractivity contribution in [2.24, 2.45) is 0 Å². The number of fused-ring (bicyclic) bond motifs is 1. The summed E-state index contributed by atoms with van der Waals surface area (Å²) in [7, 11) is 0. The minimum absolute atomic E-state index is 0.233. The lowest BCUT2D eigenvalue weighted by Crippen LogP contribution is -2.93.